The number of fused-ring (bicyclic) bond motifs is 3. The fourth-order valence-electron chi connectivity index (χ4n) is 3.48. The van der Waals surface area contributed by atoms with Gasteiger partial charge in [0, 0.05) is 30.8 Å². The predicted octanol–water partition coefficient (Wildman–Crippen LogP) is 3.36. The zero-order chi connectivity index (χ0) is 21.0. The number of carboxylic acids is 1. The van der Waals surface area contributed by atoms with Crippen LogP contribution in [0.25, 0.3) is 11.3 Å². The van der Waals surface area contributed by atoms with Gasteiger partial charge in [0.05, 0.1) is 26.0 Å². The summed E-state index contributed by atoms with van der Waals surface area (Å²) >= 11 is 0. The fraction of sp³-hybridized carbons (Fsp3) is 0.455. The standard InChI is InChI=1S/C19H19NO6.C3H8/c1-24-17-7-13-11(6-18(17)26-12-3-5-25-10-12)2-4-20-9-14(19(22)23)16(21)8-15(13)20;1-3-2/h6-9,12H,2-5,10H2,1H3,(H,22,23);3H2,1-2H3. The quantitative estimate of drug-likeness (QED) is 0.845. The first kappa shape index (κ1) is 20.9. The van der Waals surface area contributed by atoms with Gasteiger partial charge in [0.1, 0.15) is 11.7 Å². The van der Waals surface area contributed by atoms with Crippen LogP contribution in [0.15, 0.2) is 29.2 Å². The maximum Gasteiger partial charge on any atom is 0.341 e. The van der Waals surface area contributed by atoms with E-state index in [-0.39, 0.29) is 11.7 Å². The van der Waals surface area contributed by atoms with Gasteiger partial charge in [0.2, 0.25) is 0 Å². The van der Waals surface area contributed by atoms with Crippen LogP contribution in [0.4, 0.5) is 0 Å². The van der Waals surface area contributed by atoms with Gasteiger partial charge in [-0.1, -0.05) is 20.3 Å². The Balaban J connectivity index is 0.000000755. The number of aryl methyl sites for hydroxylation is 2. The summed E-state index contributed by atoms with van der Waals surface area (Å²) in [5.41, 5.74) is 1.87. The van der Waals surface area contributed by atoms with E-state index in [0.29, 0.717) is 43.4 Å². The summed E-state index contributed by atoms with van der Waals surface area (Å²) in [5.74, 6) is 0.0368. The van der Waals surface area contributed by atoms with Crippen molar-refractivity contribution in [2.45, 2.75) is 45.8 Å². The van der Waals surface area contributed by atoms with Crippen molar-refractivity contribution in [3.8, 4) is 22.8 Å². The Bertz CT molecular complexity index is 943. The smallest absolute Gasteiger partial charge is 0.341 e. The summed E-state index contributed by atoms with van der Waals surface area (Å²) in [7, 11) is 1.57. The largest absolute Gasteiger partial charge is 0.493 e. The molecule has 1 aromatic heterocycles. The normalized spacial score (nSPS) is 16.9. The number of nitrogens with zero attached hydrogens (tertiary/aromatic N) is 1. The van der Waals surface area contributed by atoms with Crippen LogP contribution in [0.3, 0.4) is 0 Å². The molecule has 0 aliphatic carbocycles. The summed E-state index contributed by atoms with van der Waals surface area (Å²) < 4.78 is 18.7. The third kappa shape index (κ3) is 4.45. The van der Waals surface area contributed by atoms with Crippen molar-refractivity contribution in [1.82, 2.24) is 4.57 Å². The average Bonchev–Trinajstić information content (AvgIpc) is 3.20. The highest BCUT2D eigenvalue weighted by Gasteiger charge is 2.24. The number of aromatic carboxylic acids is 1. The lowest BCUT2D eigenvalue weighted by Gasteiger charge is -2.25. The minimum absolute atomic E-state index is 0.0126. The Hall–Kier alpha value is -2.80. The molecule has 1 saturated heterocycles. The number of hydrogen-bond acceptors (Lipinski definition) is 5. The number of aromatic nitrogens is 1. The highest BCUT2D eigenvalue weighted by Crippen LogP contribution is 2.39. The molecule has 1 aromatic carbocycles. The number of ether oxygens (including phenoxy) is 3. The number of methoxy groups -OCH3 is 1. The molecule has 0 saturated carbocycles. The van der Waals surface area contributed by atoms with Gasteiger partial charge in [-0.25, -0.2) is 4.79 Å². The van der Waals surface area contributed by atoms with Gasteiger partial charge in [-0.2, -0.15) is 0 Å². The number of pyridine rings is 1. The Labute approximate surface area is 169 Å². The van der Waals surface area contributed by atoms with Gasteiger partial charge >= 0.3 is 5.97 Å². The minimum Gasteiger partial charge on any atom is -0.493 e. The van der Waals surface area contributed by atoms with E-state index in [1.54, 1.807) is 11.7 Å². The maximum atomic E-state index is 12.1. The molecule has 4 rings (SSSR count). The molecule has 1 atom stereocenters. The molecule has 0 spiro atoms. The summed E-state index contributed by atoms with van der Waals surface area (Å²) in [6.07, 6.45) is 4.23. The van der Waals surface area contributed by atoms with Crippen molar-refractivity contribution in [2.75, 3.05) is 20.3 Å². The first-order chi connectivity index (χ1) is 14.0. The Morgan fingerprint density at radius 2 is 2.03 bits per heavy atom. The van der Waals surface area contributed by atoms with Crippen LogP contribution >= 0.6 is 0 Å². The van der Waals surface area contributed by atoms with Crippen LogP contribution in [0, 0.1) is 0 Å². The minimum atomic E-state index is -1.21. The van der Waals surface area contributed by atoms with Gasteiger partial charge in [-0.05, 0) is 24.1 Å². The van der Waals surface area contributed by atoms with Crippen molar-refractivity contribution in [2.24, 2.45) is 0 Å². The molecule has 2 aliphatic heterocycles. The highest BCUT2D eigenvalue weighted by atomic mass is 16.6. The molecule has 2 aromatic rings. The molecule has 29 heavy (non-hydrogen) atoms. The van der Waals surface area contributed by atoms with Crippen LogP contribution in [-0.2, 0) is 17.7 Å². The zero-order valence-electron chi connectivity index (χ0n) is 17.1. The third-order valence-corrected chi connectivity index (χ3v) is 4.83. The SMILES string of the molecule is CCC.COc1cc2c(cc1OC1CCOC1)CCn1cc(C(=O)O)c(=O)cc1-2. The summed E-state index contributed by atoms with van der Waals surface area (Å²) in [6, 6.07) is 5.18. The number of rotatable bonds is 4. The van der Waals surface area contributed by atoms with E-state index in [9.17, 15) is 9.59 Å². The maximum absolute atomic E-state index is 12.1. The molecule has 156 valence electrons. The van der Waals surface area contributed by atoms with E-state index in [0.717, 1.165) is 17.5 Å². The zero-order valence-corrected chi connectivity index (χ0v) is 17.1. The molecule has 1 fully saturated rings. The average molecular weight is 401 g/mol. The number of benzene rings is 1. The van der Waals surface area contributed by atoms with Crippen LogP contribution in [0.1, 0.15) is 42.6 Å². The lowest BCUT2D eigenvalue weighted by molar-refractivity contribution is 0.0694. The molecular weight excluding hydrogens is 374 g/mol. The first-order valence-corrected chi connectivity index (χ1v) is 9.91. The molecule has 7 nitrogen and oxygen atoms in total. The van der Waals surface area contributed by atoms with Crippen LogP contribution < -0.4 is 14.9 Å². The molecule has 7 heteroatoms. The molecule has 1 N–H and O–H groups in total. The van der Waals surface area contributed by atoms with Crippen molar-refractivity contribution >= 4 is 5.97 Å². The number of hydrogen-bond donors (Lipinski definition) is 1. The van der Waals surface area contributed by atoms with E-state index in [1.807, 2.05) is 12.1 Å². The van der Waals surface area contributed by atoms with E-state index in [1.165, 1.54) is 18.7 Å². The van der Waals surface area contributed by atoms with Crippen LogP contribution in [-0.4, -0.2) is 42.1 Å². The van der Waals surface area contributed by atoms with Crippen LogP contribution in [0.5, 0.6) is 11.5 Å². The molecule has 2 aliphatic rings. The van der Waals surface area contributed by atoms with Crippen LogP contribution in [0.2, 0.25) is 0 Å². The van der Waals surface area contributed by atoms with Crippen molar-refractivity contribution in [3.05, 3.63) is 45.7 Å². The lowest BCUT2D eigenvalue weighted by Crippen LogP contribution is -2.22. The van der Waals surface area contributed by atoms with Crippen molar-refractivity contribution < 1.29 is 24.1 Å². The molecule has 0 radical (unpaired) electrons. The fourth-order valence-corrected chi connectivity index (χ4v) is 3.48. The van der Waals surface area contributed by atoms with E-state index in [4.69, 9.17) is 19.3 Å². The topological polar surface area (TPSA) is 87.0 Å². The molecule has 1 unspecified atom stereocenters. The number of carbonyl (C=O) groups is 1. The molecule has 3 heterocycles. The van der Waals surface area contributed by atoms with Gasteiger partial charge in [0.25, 0.3) is 0 Å². The summed E-state index contributed by atoms with van der Waals surface area (Å²) in [5, 5.41) is 9.16. The second-order valence-corrected chi connectivity index (χ2v) is 7.16. The molecular formula is C22H27NO6. The van der Waals surface area contributed by atoms with Gasteiger partial charge in [-0.15, -0.1) is 0 Å². The van der Waals surface area contributed by atoms with Gasteiger partial charge < -0.3 is 23.9 Å². The lowest BCUT2D eigenvalue weighted by atomic mass is 9.96. The van der Waals surface area contributed by atoms with E-state index >= 15 is 0 Å². The van der Waals surface area contributed by atoms with Crippen molar-refractivity contribution in [1.29, 1.82) is 0 Å². The first-order valence-electron chi connectivity index (χ1n) is 9.91. The van der Waals surface area contributed by atoms with E-state index in [2.05, 4.69) is 13.8 Å². The second kappa shape index (κ2) is 9.13. The Kier molecular flexibility index (Phi) is 6.59. The number of carboxylic acid groups (broad SMARTS) is 1. The predicted molar refractivity (Wildman–Crippen MR) is 109 cm³/mol. The molecule has 0 amide bonds. The van der Waals surface area contributed by atoms with E-state index < -0.39 is 11.4 Å². The second-order valence-electron chi connectivity index (χ2n) is 7.16. The third-order valence-electron chi connectivity index (χ3n) is 4.83. The Morgan fingerprint density at radius 1 is 1.28 bits per heavy atom. The summed E-state index contributed by atoms with van der Waals surface area (Å²) in [4.78, 5) is 23.3. The van der Waals surface area contributed by atoms with Gasteiger partial charge in [-0.3, -0.25) is 4.79 Å². The van der Waals surface area contributed by atoms with Crippen molar-refractivity contribution in [3.63, 3.8) is 0 Å². The Morgan fingerprint density at radius 3 is 2.66 bits per heavy atom. The monoisotopic (exact) mass is 401 g/mol. The highest BCUT2D eigenvalue weighted by molar-refractivity contribution is 5.87. The summed E-state index contributed by atoms with van der Waals surface area (Å²) in [6.45, 7) is 6.11. The molecule has 0 bridgehead atoms. The van der Waals surface area contributed by atoms with Gasteiger partial charge in [0.15, 0.2) is 16.9 Å².